The maximum Gasteiger partial charge on any atom is 0.246 e. The smallest absolute Gasteiger partial charge is 0.246 e. The van der Waals surface area contributed by atoms with Crippen LogP contribution in [-0.4, -0.2) is 47.8 Å². The number of amides is 2. The van der Waals surface area contributed by atoms with E-state index in [1.165, 1.54) is 19.3 Å². The summed E-state index contributed by atoms with van der Waals surface area (Å²) in [5.74, 6) is 1.31. The zero-order valence-corrected chi connectivity index (χ0v) is 14.5. The molecule has 0 unspecified atom stereocenters. The molecule has 1 aliphatic carbocycles. The van der Waals surface area contributed by atoms with Crippen LogP contribution in [0.4, 0.5) is 0 Å². The lowest BCUT2D eigenvalue weighted by Gasteiger charge is -2.41. The van der Waals surface area contributed by atoms with E-state index in [9.17, 15) is 9.59 Å². The van der Waals surface area contributed by atoms with Gasteiger partial charge in [-0.2, -0.15) is 0 Å². The summed E-state index contributed by atoms with van der Waals surface area (Å²) in [6.07, 6.45) is 7.70. The van der Waals surface area contributed by atoms with Crippen LogP contribution in [0.2, 0.25) is 0 Å². The maximum absolute atomic E-state index is 12.4. The summed E-state index contributed by atoms with van der Waals surface area (Å²) < 4.78 is 0. The SMILES string of the molecule is CC(=O)N1CCN(C(=O)/C=C/[C@@H]2[C@H](C)CCCC2(C)C)CC1. The molecule has 4 heteroatoms. The molecule has 22 heavy (non-hydrogen) atoms. The highest BCUT2D eigenvalue weighted by atomic mass is 16.2. The first-order valence-corrected chi connectivity index (χ1v) is 8.54. The molecular formula is C18H30N2O2. The molecule has 1 saturated carbocycles. The Kier molecular flexibility index (Phi) is 5.30. The third-order valence-corrected chi connectivity index (χ3v) is 5.48. The molecule has 2 aliphatic rings. The summed E-state index contributed by atoms with van der Waals surface area (Å²) in [6, 6.07) is 0. The summed E-state index contributed by atoms with van der Waals surface area (Å²) in [5.41, 5.74) is 0.280. The second-order valence-corrected chi connectivity index (χ2v) is 7.57. The van der Waals surface area contributed by atoms with Crippen LogP contribution in [0.5, 0.6) is 0 Å². The Morgan fingerprint density at radius 2 is 1.68 bits per heavy atom. The molecule has 0 aromatic carbocycles. The zero-order valence-electron chi connectivity index (χ0n) is 14.5. The normalized spacial score (nSPS) is 28.9. The molecule has 2 rings (SSSR count). The largest absolute Gasteiger partial charge is 0.339 e. The molecule has 2 atom stereocenters. The molecule has 0 aromatic heterocycles. The minimum Gasteiger partial charge on any atom is -0.339 e. The molecule has 0 radical (unpaired) electrons. The fraction of sp³-hybridized carbons (Fsp3) is 0.778. The molecule has 0 N–H and O–H groups in total. The third-order valence-electron chi connectivity index (χ3n) is 5.48. The molecular weight excluding hydrogens is 276 g/mol. The van der Waals surface area contributed by atoms with Gasteiger partial charge in [-0.15, -0.1) is 0 Å². The summed E-state index contributed by atoms with van der Waals surface area (Å²) >= 11 is 0. The Morgan fingerprint density at radius 3 is 2.23 bits per heavy atom. The fourth-order valence-corrected chi connectivity index (χ4v) is 3.98. The molecule has 1 aliphatic heterocycles. The Bertz CT molecular complexity index is 448. The number of piperazine rings is 1. The van der Waals surface area contributed by atoms with Crippen LogP contribution in [0.25, 0.3) is 0 Å². The van der Waals surface area contributed by atoms with Gasteiger partial charge in [-0.25, -0.2) is 0 Å². The van der Waals surface area contributed by atoms with Crippen molar-refractivity contribution in [3.8, 4) is 0 Å². The van der Waals surface area contributed by atoms with E-state index in [1.807, 2.05) is 4.90 Å². The number of allylic oxidation sites excluding steroid dienone is 1. The molecule has 4 nitrogen and oxygen atoms in total. The van der Waals surface area contributed by atoms with Gasteiger partial charge in [-0.05, 0) is 29.7 Å². The summed E-state index contributed by atoms with van der Waals surface area (Å²) in [4.78, 5) is 27.4. The Hall–Kier alpha value is -1.32. The number of rotatable bonds is 2. The number of nitrogens with zero attached hydrogens (tertiary/aromatic N) is 2. The molecule has 0 bridgehead atoms. The third kappa shape index (κ3) is 3.90. The van der Waals surface area contributed by atoms with Crippen LogP contribution in [-0.2, 0) is 9.59 Å². The average Bonchev–Trinajstić information content (AvgIpc) is 2.46. The number of hydrogen-bond acceptors (Lipinski definition) is 2. The highest BCUT2D eigenvalue weighted by Crippen LogP contribution is 2.44. The molecule has 1 saturated heterocycles. The van der Waals surface area contributed by atoms with E-state index in [0.29, 0.717) is 38.0 Å². The van der Waals surface area contributed by atoms with Crippen LogP contribution in [0, 0.1) is 17.3 Å². The van der Waals surface area contributed by atoms with Gasteiger partial charge in [-0.1, -0.05) is 39.7 Å². The molecule has 0 aromatic rings. The van der Waals surface area contributed by atoms with Gasteiger partial charge in [0.05, 0.1) is 0 Å². The van der Waals surface area contributed by atoms with Crippen LogP contribution in [0.1, 0.15) is 47.0 Å². The van der Waals surface area contributed by atoms with Gasteiger partial charge in [0.15, 0.2) is 0 Å². The second kappa shape index (κ2) is 6.84. The predicted octanol–water partition coefficient (Wildman–Crippen LogP) is 2.70. The van der Waals surface area contributed by atoms with Gasteiger partial charge in [0.1, 0.15) is 0 Å². The zero-order chi connectivity index (χ0) is 16.3. The van der Waals surface area contributed by atoms with E-state index in [-0.39, 0.29) is 17.2 Å². The maximum atomic E-state index is 12.4. The minimum absolute atomic E-state index is 0.0942. The quantitative estimate of drug-likeness (QED) is 0.736. The second-order valence-electron chi connectivity index (χ2n) is 7.57. The number of carbonyl (C=O) groups is 2. The van der Waals surface area contributed by atoms with Gasteiger partial charge in [0.25, 0.3) is 0 Å². The molecule has 1 heterocycles. The first-order chi connectivity index (χ1) is 10.3. The summed E-state index contributed by atoms with van der Waals surface area (Å²) in [6.45, 7) is 11.1. The number of carbonyl (C=O) groups excluding carboxylic acids is 2. The fourth-order valence-electron chi connectivity index (χ4n) is 3.98. The molecule has 2 fully saturated rings. The van der Waals surface area contributed by atoms with E-state index in [1.54, 1.807) is 17.9 Å². The summed E-state index contributed by atoms with van der Waals surface area (Å²) in [7, 11) is 0. The molecule has 0 spiro atoms. The van der Waals surface area contributed by atoms with E-state index in [2.05, 4.69) is 26.8 Å². The monoisotopic (exact) mass is 306 g/mol. The lowest BCUT2D eigenvalue weighted by Crippen LogP contribution is -2.49. The van der Waals surface area contributed by atoms with E-state index < -0.39 is 0 Å². The van der Waals surface area contributed by atoms with Crippen molar-refractivity contribution in [1.29, 1.82) is 0 Å². The first kappa shape index (κ1) is 17.0. The van der Waals surface area contributed by atoms with Crippen molar-refractivity contribution in [2.75, 3.05) is 26.2 Å². The highest BCUT2D eigenvalue weighted by Gasteiger charge is 2.35. The number of hydrogen-bond donors (Lipinski definition) is 0. The Balaban J connectivity index is 1.92. The minimum atomic E-state index is 0.0942. The average molecular weight is 306 g/mol. The Morgan fingerprint density at radius 1 is 1.09 bits per heavy atom. The van der Waals surface area contributed by atoms with Crippen LogP contribution < -0.4 is 0 Å². The van der Waals surface area contributed by atoms with Crippen LogP contribution >= 0.6 is 0 Å². The lowest BCUT2D eigenvalue weighted by molar-refractivity contribution is -0.135. The Labute approximate surface area is 134 Å². The van der Waals surface area contributed by atoms with Gasteiger partial charge in [0, 0.05) is 33.1 Å². The van der Waals surface area contributed by atoms with Crippen molar-refractivity contribution in [3.05, 3.63) is 12.2 Å². The van der Waals surface area contributed by atoms with Gasteiger partial charge in [0.2, 0.25) is 11.8 Å². The molecule has 2 amide bonds. The van der Waals surface area contributed by atoms with E-state index in [0.717, 1.165) is 0 Å². The van der Waals surface area contributed by atoms with Gasteiger partial charge >= 0.3 is 0 Å². The summed E-state index contributed by atoms with van der Waals surface area (Å²) in [5, 5.41) is 0. The van der Waals surface area contributed by atoms with Crippen LogP contribution in [0.15, 0.2) is 12.2 Å². The van der Waals surface area contributed by atoms with Crippen molar-refractivity contribution in [2.24, 2.45) is 17.3 Å². The van der Waals surface area contributed by atoms with Crippen molar-refractivity contribution >= 4 is 11.8 Å². The molecule has 124 valence electrons. The predicted molar refractivity (Wildman–Crippen MR) is 88.3 cm³/mol. The van der Waals surface area contributed by atoms with Crippen molar-refractivity contribution < 1.29 is 9.59 Å². The standard InChI is InChI=1S/C18H30N2O2/c1-14-6-5-9-18(3,4)16(14)7-8-17(22)20-12-10-19(11-13-20)15(2)21/h7-8,14,16H,5-6,9-13H2,1-4H3/b8-7+/t14-,16-/m1/s1. The van der Waals surface area contributed by atoms with Crippen molar-refractivity contribution in [3.63, 3.8) is 0 Å². The topological polar surface area (TPSA) is 40.6 Å². The van der Waals surface area contributed by atoms with Crippen molar-refractivity contribution in [2.45, 2.75) is 47.0 Å². The van der Waals surface area contributed by atoms with E-state index in [4.69, 9.17) is 0 Å². The van der Waals surface area contributed by atoms with E-state index >= 15 is 0 Å². The van der Waals surface area contributed by atoms with Gasteiger partial charge < -0.3 is 9.80 Å². The highest BCUT2D eigenvalue weighted by molar-refractivity contribution is 5.88. The van der Waals surface area contributed by atoms with Gasteiger partial charge in [-0.3, -0.25) is 9.59 Å². The first-order valence-electron chi connectivity index (χ1n) is 8.54. The van der Waals surface area contributed by atoms with Crippen molar-refractivity contribution in [1.82, 2.24) is 9.80 Å². The van der Waals surface area contributed by atoms with Crippen LogP contribution in [0.3, 0.4) is 0 Å². The lowest BCUT2D eigenvalue weighted by atomic mass is 9.64.